The average molecular weight is 201 g/mol. The summed E-state index contributed by atoms with van der Waals surface area (Å²) in [6.45, 7) is 2.34. The first-order valence-electron chi connectivity index (χ1n) is 4.45. The first-order chi connectivity index (χ1) is 5.81. The Morgan fingerprint density at radius 3 is 3.25 bits per heavy atom. The number of alkyl halides is 1. The van der Waals surface area contributed by atoms with Crippen molar-refractivity contribution in [2.75, 3.05) is 0 Å². The highest BCUT2D eigenvalue weighted by atomic mass is 35.5. The Hall–Kier alpha value is -0.0100. The van der Waals surface area contributed by atoms with Gasteiger partial charge in [-0.3, -0.25) is 0 Å². The summed E-state index contributed by atoms with van der Waals surface area (Å²) in [6.07, 6.45) is 3.87. The summed E-state index contributed by atoms with van der Waals surface area (Å²) in [5, 5.41) is 2.23. The molecule has 0 fully saturated rings. The van der Waals surface area contributed by atoms with Crippen LogP contribution in [0.25, 0.3) is 0 Å². The summed E-state index contributed by atoms with van der Waals surface area (Å²) in [6, 6.07) is 0. The van der Waals surface area contributed by atoms with Gasteiger partial charge in [0.1, 0.15) is 0 Å². The molecule has 12 heavy (non-hydrogen) atoms. The molecule has 1 aliphatic carbocycles. The van der Waals surface area contributed by atoms with Gasteiger partial charge in [0.25, 0.3) is 0 Å². The molecule has 2 heteroatoms. The smallest absolute Gasteiger partial charge is 0.0485 e. The zero-order chi connectivity index (χ0) is 8.55. The van der Waals surface area contributed by atoms with Gasteiger partial charge in [-0.25, -0.2) is 0 Å². The first-order valence-corrected chi connectivity index (χ1v) is 5.86. The standard InChI is InChI=1S/C10H13ClS/c1-7-2-3-9-8(5-11)6-12-10(9)4-7/h6-7H,2-5H2,1H3. The van der Waals surface area contributed by atoms with E-state index in [-0.39, 0.29) is 0 Å². The van der Waals surface area contributed by atoms with Gasteiger partial charge in [-0.2, -0.15) is 0 Å². The van der Waals surface area contributed by atoms with Crippen LogP contribution in [0.15, 0.2) is 5.38 Å². The van der Waals surface area contributed by atoms with Gasteiger partial charge in [-0.15, -0.1) is 22.9 Å². The molecule has 0 bridgehead atoms. The number of rotatable bonds is 1. The predicted octanol–water partition coefficient (Wildman–Crippen LogP) is 3.61. The lowest BCUT2D eigenvalue weighted by Crippen LogP contribution is -2.09. The SMILES string of the molecule is CC1CCc2c(CCl)csc2C1. The molecular formula is C10H13ClS. The summed E-state index contributed by atoms with van der Waals surface area (Å²) in [7, 11) is 0. The van der Waals surface area contributed by atoms with Crippen molar-refractivity contribution in [3.05, 3.63) is 21.4 Å². The van der Waals surface area contributed by atoms with Crippen LogP contribution in [0, 0.1) is 5.92 Å². The van der Waals surface area contributed by atoms with E-state index in [2.05, 4.69) is 12.3 Å². The normalized spacial score (nSPS) is 22.3. The number of halogens is 1. The van der Waals surface area contributed by atoms with Crippen molar-refractivity contribution in [2.24, 2.45) is 5.92 Å². The summed E-state index contributed by atoms with van der Waals surface area (Å²) in [4.78, 5) is 1.59. The average Bonchev–Trinajstić information content (AvgIpc) is 2.46. The lowest BCUT2D eigenvalue weighted by molar-refractivity contribution is 0.506. The predicted molar refractivity (Wildman–Crippen MR) is 55.1 cm³/mol. The van der Waals surface area contributed by atoms with Crippen LogP contribution in [0.4, 0.5) is 0 Å². The van der Waals surface area contributed by atoms with E-state index in [1.165, 1.54) is 24.8 Å². The monoisotopic (exact) mass is 200 g/mol. The van der Waals surface area contributed by atoms with Gasteiger partial charge in [-0.1, -0.05) is 6.92 Å². The van der Waals surface area contributed by atoms with Crippen LogP contribution >= 0.6 is 22.9 Å². The third-order valence-corrected chi connectivity index (χ3v) is 4.02. The van der Waals surface area contributed by atoms with E-state index < -0.39 is 0 Å². The van der Waals surface area contributed by atoms with Crippen LogP contribution in [-0.2, 0) is 18.7 Å². The zero-order valence-corrected chi connectivity index (χ0v) is 8.84. The fraction of sp³-hybridized carbons (Fsp3) is 0.600. The van der Waals surface area contributed by atoms with Crippen molar-refractivity contribution in [1.29, 1.82) is 0 Å². The Labute approximate surface area is 82.6 Å². The van der Waals surface area contributed by atoms with Crippen LogP contribution in [0.3, 0.4) is 0 Å². The molecule has 0 aromatic carbocycles. The maximum absolute atomic E-state index is 5.85. The molecule has 0 spiro atoms. The highest BCUT2D eigenvalue weighted by Crippen LogP contribution is 2.33. The zero-order valence-electron chi connectivity index (χ0n) is 7.27. The van der Waals surface area contributed by atoms with Crippen LogP contribution in [0.2, 0.25) is 0 Å². The van der Waals surface area contributed by atoms with Gasteiger partial charge in [0.05, 0.1) is 0 Å². The molecule has 66 valence electrons. The highest BCUT2D eigenvalue weighted by Gasteiger charge is 2.18. The lowest BCUT2D eigenvalue weighted by Gasteiger charge is -2.18. The van der Waals surface area contributed by atoms with Crippen LogP contribution in [0.5, 0.6) is 0 Å². The van der Waals surface area contributed by atoms with Crippen molar-refractivity contribution in [2.45, 2.75) is 32.1 Å². The molecule has 1 aromatic rings. The van der Waals surface area contributed by atoms with Gasteiger partial charge >= 0.3 is 0 Å². The van der Waals surface area contributed by atoms with Crippen molar-refractivity contribution in [1.82, 2.24) is 0 Å². The quantitative estimate of drug-likeness (QED) is 0.608. The molecule has 0 N–H and O–H groups in total. The van der Waals surface area contributed by atoms with Crippen LogP contribution < -0.4 is 0 Å². The molecule has 1 unspecified atom stereocenters. The molecule has 0 aliphatic heterocycles. The third-order valence-electron chi connectivity index (χ3n) is 2.63. The maximum atomic E-state index is 5.85. The van der Waals surface area contributed by atoms with Crippen LogP contribution in [-0.4, -0.2) is 0 Å². The minimum Gasteiger partial charge on any atom is -0.148 e. The summed E-state index contributed by atoms with van der Waals surface area (Å²) >= 11 is 7.74. The Morgan fingerprint density at radius 2 is 2.50 bits per heavy atom. The van der Waals surface area contributed by atoms with Crippen molar-refractivity contribution in [3.8, 4) is 0 Å². The van der Waals surface area contributed by atoms with E-state index in [4.69, 9.17) is 11.6 Å². The Bertz CT molecular complexity index is 277. The van der Waals surface area contributed by atoms with Gasteiger partial charge in [-0.05, 0) is 41.7 Å². The fourth-order valence-corrected chi connectivity index (χ4v) is 3.45. The number of fused-ring (bicyclic) bond motifs is 1. The molecule has 0 saturated carbocycles. The molecule has 2 rings (SSSR count). The van der Waals surface area contributed by atoms with Gasteiger partial charge < -0.3 is 0 Å². The molecule has 0 nitrogen and oxygen atoms in total. The molecule has 1 aromatic heterocycles. The Morgan fingerprint density at radius 1 is 1.67 bits per heavy atom. The molecule has 1 atom stereocenters. The summed E-state index contributed by atoms with van der Waals surface area (Å²) in [5.74, 6) is 1.57. The highest BCUT2D eigenvalue weighted by molar-refractivity contribution is 7.10. The number of hydrogen-bond donors (Lipinski definition) is 0. The molecule has 0 radical (unpaired) electrons. The lowest BCUT2D eigenvalue weighted by atomic mass is 9.89. The summed E-state index contributed by atoms with van der Waals surface area (Å²) in [5.41, 5.74) is 2.94. The second-order valence-electron chi connectivity index (χ2n) is 3.64. The Balaban J connectivity index is 2.32. The van der Waals surface area contributed by atoms with Crippen molar-refractivity contribution in [3.63, 3.8) is 0 Å². The molecular weight excluding hydrogens is 188 g/mol. The number of hydrogen-bond acceptors (Lipinski definition) is 1. The van der Waals surface area contributed by atoms with Crippen molar-refractivity contribution < 1.29 is 0 Å². The van der Waals surface area contributed by atoms with Gasteiger partial charge in [0, 0.05) is 10.8 Å². The van der Waals surface area contributed by atoms with E-state index in [0.717, 1.165) is 5.92 Å². The van der Waals surface area contributed by atoms with Gasteiger partial charge in [0.2, 0.25) is 0 Å². The van der Waals surface area contributed by atoms with E-state index in [1.807, 2.05) is 11.3 Å². The first kappa shape index (κ1) is 8.58. The fourth-order valence-electron chi connectivity index (χ4n) is 1.86. The topological polar surface area (TPSA) is 0 Å². The van der Waals surface area contributed by atoms with E-state index >= 15 is 0 Å². The second-order valence-corrected chi connectivity index (χ2v) is 4.88. The second kappa shape index (κ2) is 3.39. The minimum atomic E-state index is 0.695. The third kappa shape index (κ3) is 1.40. The van der Waals surface area contributed by atoms with Gasteiger partial charge in [0.15, 0.2) is 0 Å². The number of thiophene rings is 1. The Kier molecular flexibility index (Phi) is 2.42. The van der Waals surface area contributed by atoms with Crippen molar-refractivity contribution >= 4 is 22.9 Å². The van der Waals surface area contributed by atoms with E-state index in [1.54, 1.807) is 10.4 Å². The molecule has 1 heterocycles. The summed E-state index contributed by atoms with van der Waals surface area (Å²) < 4.78 is 0. The molecule has 1 aliphatic rings. The largest absolute Gasteiger partial charge is 0.148 e. The van der Waals surface area contributed by atoms with Crippen LogP contribution in [0.1, 0.15) is 29.3 Å². The van der Waals surface area contributed by atoms with E-state index in [9.17, 15) is 0 Å². The molecule has 0 saturated heterocycles. The minimum absolute atomic E-state index is 0.695. The van der Waals surface area contributed by atoms with E-state index in [0.29, 0.717) is 5.88 Å². The maximum Gasteiger partial charge on any atom is 0.0485 e. The molecule has 0 amide bonds.